The zero-order valence-corrected chi connectivity index (χ0v) is 24.1. The fraction of sp³-hybridized carbons (Fsp3) is 0.214. The van der Waals surface area contributed by atoms with Gasteiger partial charge in [0.25, 0.3) is 11.1 Å². The van der Waals surface area contributed by atoms with Crippen molar-refractivity contribution < 1.29 is 23.8 Å². The normalized spacial score (nSPS) is 14.4. The minimum Gasteiger partial charge on any atom is -0.492 e. The molecule has 0 bridgehead atoms. The van der Waals surface area contributed by atoms with Crippen LogP contribution in [0, 0.1) is 10.5 Å². The highest BCUT2D eigenvalue weighted by Gasteiger charge is 2.35. The molecule has 37 heavy (non-hydrogen) atoms. The average molecular weight is 650 g/mol. The van der Waals surface area contributed by atoms with Crippen LogP contribution in [0.5, 0.6) is 17.2 Å². The molecule has 192 valence electrons. The number of benzene rings is 3. The summed E-state index contributed by atoms with van der Waals surface area (Å²) in [6.45, 7) is 5.08. The zero-order chi connectivity index (χ0) is 26.4. The number of thioether (sulfide) groups is 1. The number of ether oxygens (including phenoxy) is 3. The Bertz CT molecular complexity index is 1330. The minimum atomic E-state index is -0.334. The van der Waals surface area contributed by atoms with Crippen LogP contribution >= 0.6 is 46.0 Å². The van der Waals surface area contributed by atoms with Crippen LogP contribution in [0.15, 0.2) is 65.6 Å². The van der Waals surface area contributed by atoms with Gasteiger partial charge in [0.15, 0.2) is 11.5 Å². The van der Waals surface area contributed by atoms with E-state index in [9.17, 15) is 9.59 Å². The molecule has 1 aliphatic heterocycles. The van der Waals surface area contributed by atoms with Crippen LogP contribution in [-0.2, 0) is 11.4 Å². The molecule has 3 aromatic carbocycles. The monoisotopic (exact) mass is 649 g/mol. The molecule has 0 spiro atoms. The maximum Gasteiger partial charge on any atom is 0.293 e. The molecule has 0 aliphatic carbocycles. The van der Waals surface area contributed by atoms with Crippen LogP contribution in [0.4, 0.5) is 4.79 Å². The van der Waals surface area contributed by atoms with E-state index in [0.29, 0.717) is 40.4 Å². The van der Waals surface area contributed by atoms with E-state index < -0.39 is 0 Å². The Morgan fingerprint density at radius 1 is 1.03 bits per heavy atom. The Morgan fingerprint density at radius 2 is 1.81 bits per heavy atom. The number of halogens is 2. The molecule has 0 saturated carbocycles. The smallest absolute Gasteiger partial charge is 0.293 e. The molecular weight excluding hydrogens is 625 g/mol. The van der Waals surface area contributed by atoms with E-state index in [1.165, 1.54) is 4.90 Å². The first-order valence-electron chi connectivity index (χ1n) is 11.6. The van der Waals surface area contributed by atoms with E-state index in [1.54, 1.807) is 6.08 Å². The fourth-order valence-electron chi connectivity index (χ4n) is 3.61. The summed E-state index contributed by atoms with van der Waals surface area (Å²) < 4.78 is 18.5. The molecule has 0 aromatic heterocycles. The fourth-order valence-corrected chi connectivity index (χ4v) is 5.39. The van der Waals surface area contributed by atoms with Crippen LogP contribution < -0.4 is 14.2 Å². The van der Waals surface area contributed by atoms with Gasteiger partial charge >= 0.3 is 0 Å². The van der Waals surface area contributed by atoms with E-state index in [1.807, 2.05) is 74.5 Å². The molecule has 1 fully saturated rings. The third kappa shape index (κ3) is 7.21. The number of carbonyl (C=O) groups is 2. The number of imide groups is 1. The summed E-state index contributed by atoms with van der Waals surface area (Å²) in [7, 11) is 0. The molecule has 6 nitrogen and oxygen atoms in total. The highest BCUT2D eigenvalue weighted by atomic mass is 127. The van der Waals surface area contributed by atoms with E-state index in [2.05, 4.69) is 22.6 Å². The van der Waals surface area contributed by atoms with Gasteiger partial charge < -0.3 is 14.2 Å². The largest absolute Gasteiger partial charge is 0.492 e. The predicted molar refractivity (Wildman–Crippen MR) is 155 cm³/mol. The molecule has 0 unspecified atom stereocenters. The highest BCUT2D eigenvalue weighted by Crippen LogP contribution is 2.38. The Morgan fingerprint density at radius 3 is 2.54 bits per heavy atom. The molecule has 4 rings (SSSR count). The maximum atomic E-state index is 13.0. The Labute approximate surface area is 239 Å². The predicted octanol–water partition coefficient (Wildman–Crippen LogP) is 7.35. The number of aryl methyl sites for hydroxylation is 1. The van der Waals surface area contributed by atoms with Gasteiger partial charge in [0.2, 0.25) is 0 Å². The van der Waals surface area contributed by atoms with Crippen molar-refractivity contribution in [1.82, 2.24) is 4.90 Å². The first-order chi connectivity index (χ1) is 17.8. The quantitative estimate of drug-likeness (QED) is 0.169. The van der Waals surface area contributed by atoms with Crippen LogP contribution in [0.3, 0.4) is 0 Å². The molecule has 1 heterocycles. The molecule has 0 N–H and O–H groups in total. The summed E-state index contributed by atoms with van der Waals surface area (Å²) in [5.41, 5.74) is 2.80. The summed E-state index contributed by atoms with van der Waals surface area (Å²) in [6, 6.07) is 18.8. The lowest BCUT2D eigenvalue weighted by Gasteiger charge is -2.15. The summed E-state index contributed by atoms with van der Waals surface area (Å²) in [5, 5.41) is 0.354. The van der Waals surface area contributed by atoms with Crippen molar-refractivity contribution in [1.29, 1.82) is 0 Å². The molecule has 0 radical (unpaired) electrons. The zero-order valence-electron chi connectivity index (χ0n) is 20.3. The lowest BCUT2D eigenvalue weighted by Crippen LogP contribution is -2.32. The number of hydrogen-bond donors (Lipinski definition) is 0. The highest BCUT2D eigenvalue weighted by molar-refractivity contribution is 14.1. The Hall–Kier alpha value is -2.69. The van der Waals surface area contributed by atoms with Gasteiger partial charge in [-0.3, -0.25) is 14.5 Å². The molecule has 1 aliphatic rings. The molecule has 1 saturated heterocycles. The van der Waals surface area contributed by atoms with Gasteiger partial charge in [0, 0.05) is 5.02 Å². The summed E-state index contributed by atoms with van der Waals surface area (Å²) in [5.74, 6) is 1.56. The number of carbonyl (C=O) groups excluding carboxylic acids is 2. The van der Waals surface area contributed by atoms with Crippen LogP contribution in [0.2, 0.25) is 5.02 Å². The second kappa shape index (κ2) is 12.7. The van der Waals surface area contributed by atoms with Gasteiger partial charge in [-0.05, 0) is 107 Å². The minimum absolute atomic E-state index is 0.176. The van der Waals surface area contributed by atoms with E-state index in [4.69, 9.17) is 25.8 Å². The van der Waals surface area contributed by atoms with Gasteiger partial charge in [-0.2, -0.15) is 0 Å². The average Bonchev–Trinajstić information content (AvgIpc) is 3.12. The van der Waals surface area contributed by atoms with Gasteiger partial charge in [0.1, 0.15) is 19.0 Å². The molecule has 0 atom stereocenters. The number of nitrogens with zero attached hydrogens (tertiary/aromatic N) is 1. The van der Waals surface area contributed by atoms with Gasteiger partial charge in [-0.25, -0.2) is 0 Å². The van der Waals surface area contributed by atoms with Crippen LogP contribution in [0.1, 0.15) is 23.6 Å². The van der Waals surface area contributed by atoms with Gasteiger partial charge in [-0.15, -0.1) is 0 Å². The maximum absolute atomic E-state index is 13.0. The summed E-state index contributed by atoms with van der Waals surface area (Å²) >= 11 is 9.07. The third-order valence-corrected chi connectivity index (χ3v) is 7.33. The summed E-state index contributed by atoms with van der Waals surface area (Å²) in [4.78, 5) is 27.1. The molecule has 3 aromatic rings. The SMILES string of the molecule is CCOc1cc(/C=C2\SC(=O)N(CCOc3cccc(C)c3)C2=O)cc(I)c1OCc1ccc(Cl)cc1. The number of rotatable bonds is 10. The van der Waals surface area contributed by atoms with Gasteiger partial charge in [-0.1, -0.05) is 35.9 Å². The Balaban J connectivity index is 1.45. The van der Waals surface area contributed by atoms with Crippen molar-refractivity contribution in [3.8, 4) is 17.2 Å². The second-order valence-corrected chi connectivity index (χ2v) is 10.8. The van der Waals surface area contributed by atoms with Crippen molar-refractivity contribution in [3.63, 3.8) is 0 Å². The van der Waals surface area contributed by atoms with E-state index >= 15 is 0 Å². The Kier molecular flexibility index (Phi) is 9.39. The van der Waals surface area contributed by atoms with Gasteiger partial charge in [0.05, 0.1) is 21.6 Å². The van der Waals surface area contributed by atoms with Crippen LogP contribution in [0.25, 0.3) is 6.08 Å². The standard InChI is InChI=1S/C28H25ClINO5S/c1-3-34-24-15-20(14-23(30)26(24)36-17-19-7-9-21(29)10-8-19)16-25-27(32)31(28(33)37-25)11-12-35-22-6-4-5-18(2)13-22/h4-10,13-16H,3,11-12,17H2,1-2H3/b25-16-. The number of amides is 2. The molecular formula is C28H25ClINO5S. The lowest BCUT2D eigenvalue weighted by molar-refractivity contribution is -0.123. The molecule has 2 amide bonds. The second-order valence-electron chi connectivity index (χ2n) is 8.18. The van der Waals surface area contributed by atoms with Crippen LogP contribution in [-0.4, -0.2) is 35.8 Å². The third-order valence-electron chi connectivity index (χ3n) is 5.37. The lowest BCUT2D eigenvalue weighted by atomic mass is 10.1. The van der Waals surface area contributed by atoms with Crippen molar-refractivity contribution in [2.24, 2.45) is 0 Å². The van der Waals surface area contributed by atoms with Crippen molar-refractivity contribution in [2.45, 2.75) is 20.5 Å². The van der Waals surface area contributed by atoms with Crippen molar-refractivity contribution in [3.05, 3.63) is 90.9 Å². The van der Waals surface area contributed by atoms with Crippen molar-refractivity contribution >= 4 is 63.2 Å². The molecule has 9 heteroatoms. The van der Waals surface area contributed by atoms with Crippen molar-refractivity contribution in [2.75, 3.05) is 19.8 Å². The van der Waals surface area contributed by atoms with E-state index in [0.717, 1.165) is 32.0 Å². The first-order valence-corrected chi connectivity index (χ1v) is 13.9. The summed E-state index contributed by atoms with van der Waals surface area (Å²) in [6.07, 6.45) is 1.71. The topological polar surface area (TPSA) is 65.1 Å². The number of hydrogen-bond acceptors (Lipinski definition) is 6. The van der Waals surface area contributed by atoms with E-state index in [-0.39, 0.29) is 24.3 Å². The first kappa shape index (κ1) is 27.3.